The van der Waals surface area contributed by atoms with Crippen LogP contribution in [-0.4, -0.2) is 11.9 Å². The topological polar surface area (TPSA) is 56.5 Å². The number of ketones is 1. The van der Waals surface area contributed by atoms with Crippen LogP contribution in [0.4, 0.5) is 0 Å². The van der Waals surface area contributed by atoms with E-state index in [9.17, 15) is 9.59 Å². The van der Waals surface area contributed by atoms with E-state index in [4.69, 9.17) is 9.15 Å². The van der Waals surface area contributed by atoms with Gasteiger partial charge in [-0.15, -0.1) is 0 Å². The Balaban J connectivity index is 1.97. The number of ether oxygens (including phenoxy) is 1. The highest BCUT2D eigenvalue weighted by molar-refractivity contribution is 5.99. The van der Waals surface area contributed by atoms with Gasteiger partial charge in [0.15, 0.2) is 6.10 Å². The van der Waals surface area contributed by atoms with E-state index in [-0.39, 0.29) is 11.4 Å². The van der Waals surface area contributed by atoms with Crippen molar-refractivity contribution < 1.29 is 13.9 Å². The van der Waals surface area contributed by atoms with Gasteiger partial charge in [-0.3, -0.25) is 4.79 Å². The van der Waals surface area contributed by atoms with Crippen molar-refractivity contribution in [3.63, 3.8) is 0 Å². The number of aryl methyl sites for hydroxylation is 2. The van der Waals surface area contributed by atoms with E-state index in [2.05, 4.69) is 0 Å². The largest absolute Gasteiger partial charge is 0.482 e. The van der Waals surface area contributed by atoms with Crippen LogP contribution in [0.2, 0.25) is 0 Å². The molecular formula is C21H20O4. The van der Waals surface area contributed by atoms with E-state index in [0.717, 1.165) is 10.9 Å². The molecule has 4 heteroatoms. The summed E-state index contributed by atoms with van der Waals surface area (Å²) in [4.78, 5) is 24.4. The molecule has 0 fully saturated rings. The average molecular weight is 336 g/mol. The molecule has 3 aromatic rings. The van der Waals surface area contributed by atoms with Crippen molar-refractivity contribution in [2.24, 2.45) is 0 Å². The van der Waals surface area contributed by atoms with Gasteiger partial charge in [0, 0.05) is 22.1 Å². The third kappa shape index (κ3) is 3.07. The van der Waals surface area contributed by atoms with Crippen LogP contribution in [0.5, 0.6) is 5.75 Å². The zero-order valence-electron chi connectivity index (χ0n) is 14.8. The number of carbonyl (C=O) groups excluding carboxylic acids is 1. The lowest BCUT2D eigenvalue weighted by atomic mass is 10.0. The SMILES string of the molecule is Cc1c(C)c2ccc(O[C@H](C)C(=O)c3ccccc3)c(C)c2oc1=O. The first-order chi connectivity index (χ1) is 11.9. The Morgan fingerprint density at radius 2 is 1.64 bits per heavy atom. The Labute approximate surface area is 146 Å². The number of hydrogen-bond donors (Lipinski definition) is 0. The lowest BCUT2D eigenvalue weighted by Gasteiger charge is -2.17. The first-order valence-corrected chi connectivity index (χ1v) is 8.19. The number of rotatable bonds is 4. The Morgan fingerprint density at radius 3 is 2.32 bits per heavy atom. The molecule has 25 heavy (non-hydrogen) atoms. The van der Waals surface area contributed by atoms with E-state index in [1.165, 1.54) is 0 Å². The van der Waals surface area contributed by atoms with Gasteiger partial charge < -0.3 is 9.15 Å². The molecule has 0 spiro atoms. The van der Waals surface area contributed by atoms with E-state index >= 15 is 0 Å². The summed E-state index contributed by atoms with van der Waals surface area (Å²) < 4.78 is 11.3. The molecule has 1 atom stereocenters. The lowest BCUT2D eigenvalue weighted by Crippen LogP contribution is -2.24. The van der Waals surface area contributed by atoms with Crippen LogP contribution >= 0.6 is 0 Å². The minimum atomic E-state index is -0.642. The maximum absolute atomic E-state index is 12.5. The van der Waals surface area contributed by atoms with E-state index < -0.39 is 6.10 Å². The standard InChI is InChI=1S/C21H20O4/c1-12-13(2)21(23)25-20-14(3)18(11-10-17(12)20)24-15(4)19(22)16-8-6-5-7-9-16/h5-11,15H,1-4H3/t15-/m1/s1. The summed E-state index contributed by atoms with van der Waals surface area (Å²) in [6.45, 7) is 7.20. The molecule has 3 rings (SSSR count). The van der Waals surface area contributed by atoms with Gasteiger partial charge in [-0.2, -0.15) is 0 Å². The van der Waals surface area contributed by atoms with Crippen molar-refractivity contribution in [2.45, 2.75) is 33.8 Å². The van der Waals surface area contributed by atoms with E-state index in [0.29, 0.717) is 28.0 Å². The van der Waals surface area contributed by atoms with Crippen LogP contribution in [0.1, 0.15) is 34.0 Å². The molecule has 0 bridgehead atoms. The molecule has 1 aromatic heterocycles. The quantitative estimate of drug-likeness (QED) is 0.524. The van der Waals surface area contributed by atoms with Gasteiger partial charge in [0.1, 0.15) is 11.3 Å². The maximum Gasteiger partial charge on any atom is 0.339 e. The van der Waals surface area contributed by atoms with Crippen molar-refractivity contribution in [3.05, 3.63) is 75.1 Å². The van der Waals surface area contributed by atoms with Gasteiger partial charge in [0.05, 0.1) is 0 Å². The summed E-state index contributed by atoms with van der Waals surface area (Å²) in [6, 6.07) is 12.7. The van der Waals surface area contributed by atoms with Gasteiger partial charge in [0.2, 0.25) is 5.78 Å². The summed E-state index contributed by atoms with van der Waals surface area (Å²) in [5.41, 5.74) is 2.97. The number of hydrogen-bond acceptors (Lipinski definition) is 4. The number of carbonyl (C=O) groups is 1. The number of Topliss-reactive ketones (excluding diaryl/α,β-unsaturated/α-hetero) is 1. The normalized spacial score (nSPS) is 12.2. The molecule has 2 aromatic carbocycles. The third-order valence-corrected chi connectivity index (χ3v) is 4.55. The molecule has 0 aliphatic rings. The molecule has 0 unspecified atom stereocenters. The zero-order valence-corrected chi connectivity index (χ0v) is 14.8. The van der Waals surface area contributed by atoms with Crippen molar-refractivity contribution in [1.82, 2.24) is 0 Å². The Hall–Kier alpha value is -2.88. The van der Waals surface area contributed by atoms with Crippen molar-refractivity contribution in [1.29, 1.82) is 0 Å². The zero-order chi connectivity index (χ0) is 18.1. The van der Waals surface area contributed by atoms with Gasteiger partial charge >= 0.3 is 5.63 Å². The monoisotopic (exact) mass is 336 g/mol. The fraction of sp³-hybridized carbons (Fsp3) is 0.238. The van der Waals surface area contributed by atoms with Crippen LogP contribution in [0.25, 0.3) is 11.0 Å². The first kappa shape index (κ1) is 17.0. The summed E-state index contributed by atoms with van der Waals surface area (Å²) >= 11 is 0. The summed E-state index contributed by atoms with van der Waals surface area (Å²) in [7, 11) is 0. The third-order valence-electron chi connectivity index (χ3n) is 4.55. The van der Waals surface area contributed by atoms with E-state index in [1.807, 2.05) is 44.2 Å². The summed E-state index contributed by atoms with van der Waals surface area (Å²) in [5, 5.41) is 0.879. The summed E-state index contributed by atoms with van der Waals surface area (Å²) in [6.07, 6.45) is -0.642. The smallest absolute Gasteiger partial charge is 0.339 e. The molecule has 0 N–H and O–H groups in total. The molecule has 4 nitrogen and oxygen atoms in total. The first-order valence-electron chi connectivity index (χ1n) is 8.19. The predicted molar refractivity (Wildman–Crippen MR) is 97.6 cm³/mol. The number of benzene rings is 2. The van der Waals surface area contributed by atoms with Crippen LogP contribution in [0, 0.1) is 20.8 Å². The van der Waals surface area contributed by atoms with Gasteiger partial charge in [-0.25, -0.2) is 4.79 Å². The fourth-order valence-electron chi connectivity index (χ4n) is 2.83. The second-order valence-corrected chi connectivity index (χ2v) is 6.20. The summed E-state index contributed by atoms with van der Waals surface area (Å²) in [5.74, 6) is 0.442. The lowest BCUT2D eigenvalue weighted by molar-refractivity contribution is 0.0817. The Bertz CT molecular complexity index is 1000. The van der Waals surface area contributed by atoms with Crippen LogP contribution in [0.15, 0.2) is 51.7 Å². The van der Waals surface area contributed by atoms with Gasteiger partial charge in [-0.1, -0.05) is 30.3 Å². The molecule has 0 aliphatic carbocycles. The highest BCUT2D eigenvalue weighted by Gasteiger charge is 2.19. The fourth-order valence-corrected chi connectivity index (χ4v) is 2.83. The minimum Gasteiger partial charge on any atom is -0.482 e. The Morgan fingerprint density at radius 1 is 0.960 bits per heavy atom. The van der Waals surface area contributed by atoms with Crippen molar-refractivity contribution in [2.75, 3.05) is 0 Å². The van der Waals surface area contributed by atoms with Crippen LogP contribution in [0.3, 0.4) is 0 Å². The van der Waals surface area contributed by atoms with E-state index in [1.54, 1.807) is 26.0 Å². The Kier molecular flexibility index (Phi) is 4.45. The minimum absolute atomic E-state index is 0.0957. The van der Waals surface area contributed by atoms with Gasteiger partial charge in [0.25, 0.3) is 0 Å². The van der Waals surface area contributed by atoms with Crippen molar-refractivity contribution in [3.8, 4) is 5.75 Å². The highest BCUT2D eigenvalue weighted by Crippen LogP contribution is 2.30. The molecule has 0 saturated heterocycles. The van der Waals surface area contributed by atoms with Gasteiger partial charge in [-0.05, 0) is 45.4 Å². The predicted octanol–water partition coefficient (Wildman–Crippen LogP) is 4.37. The molecule has 0 saturated carbocycles. The molecular weight excluding hydrogens is 316 g/mol. The second kappa shape index (κ2) is 6.55. The molecule has 128 valence electrons. The average Bonchev–Trinajstić information content (AvgIpc) is 2.62. The highest BCUT2D eigenvalue weighted by atomic mass is 16.5. The van der Waals surface area contributed by atoms with Crippen LogP contribution < -0.4 is 10.4 Å². The van der Waals surface area contributed by atoms with Crippen LogP contribution in [-0.2, 0) is 0 Å². The number of fused-ring (bicyclic) bond motifs is 1. The second-order valence-electron chi connectivity index (χ2n) is 6.20. The molecule has 0 aliphatic heterocycles. The van der Waals surface area contributed by atoms with Crippen molar-refractivity contribution >= 4 is 16.8 Å². The molecule has 1 heterocycles. The maximum atomic E-state index is 12.5. The molecule has 0 amide bonds. The molecule has 0 radical (unpaired) electrons.